The molecule has 2 rings (SSSR count). The van der Waals surface area contributed by atoms with E-state index in [1.807, 2.05) is 0 Å². The number of nitrogens with zero attached hydrogens (tertiary/aromatic N) is 2. The third kappa shape index (κ3) is 2.74. The molecule has 16 heavy (non-hydrogen) atoms. The molecule has 2 N–H and O–H groups in total. The number of aliphatic hydroxyl groups is 2. The van der Waals surface area contributed by atoms with Crippen molar-refractivity contribution in [1.82, 2.24) is 9.80 Å². The lowest BCUT2D eigenvalue weighted by Crippen LogP contribution is -2.41. The van der Waals surface area contributed by atoms with Crippen LogP contribution in [-0.4, -0.2) is 71.5 Å². The zero-order chi connectivity index (χ0) is 11.4. The smallest absolute Gasteiger partial charge is 0.0586 e. The fraction of sp³-hybridized carbons (Fsp3) is 1.00. The standard InChI is InChI=1S/C12H24N2O2/c15-9-11-3-1-5-13(11)7-8-14-6-2-4-12(14)10-16/h11-12,15-16H,1-10H2/t11-,12+. The van der Waals surface area contributed by atoms with Crippen LogP contribution in [0.15, 0.2) is 0 Å². The highest BCUT2D eigenvalue weighted by atomic mass is 16.3. The van der Waals surface area contributed by atoms with Crippen LogP contribution in [0.2, 0.25) is 0 Å². The predicted molar refractivity (Wildman–Crippen MR) is 63.4 cm³/mol. The highest BCUT2D eigenvalue weighted by Gasteiger charge is 2.27. The lowest BCUT2D eigenvalue weighted by molar-refractivity contribution is 0.118. The lowest BCUT2D eigenvalue weighted by atomic mass is 10.2. The quantitative estimate of drug-likeness (QED) is 0.690. The SMILES string of the molecule is OC[C@@H]1CCCN1CCN1CCC[C@@H]1CO. The first-order valence-electron chi connectivity index (χ1n) is 6.55. The van der Waals surface area contributed by atoms with Gasteiger partial charge in [-0.15, -0.1) is 0 Å². The molecule has 0 aromatic carbocycles. The third-order valence-corrected chi connectivity index (χ3v) is 4.09. The highest BCUT2D eigenvalue weighted by molar-refractivity contribution is 4.82. The molecule has 2 fully saturated rings. The Kier molecular flexibility index (Phi) is 4.58. The average Bonchev–Trinajstić information content (AvgIpc) is 2.94. The fourth-order valence-electron chi connectivity index (χ4n) is 3.05. The molecule has 2 heterocycles. The van der Waals surface area contributed by atoms with Gasteiger partial charge in [-0.2, -0.15) is 0 Å². The van der Waals surface area contributed by atoms with E-state index in [0.717, 1.165) is 39.0 Å². The van der Waals surface area contributed by atoms with Gasteiger partial charge >= 0.3 is 0 Å². The van der Waals surface area contributed by atoms with E-state index in [9.17, 15) is 10.2 Å². The van der Waals surface area contributed by atoms with E-state index in [-0.39, 0.29) is 0 Å². The first kappa shape index (κ1) is 12.3. The summed E-state index contributed by atoms with van der Waals surface area (Å²) in [5.41, 5.74) is 0. The molecule has 0 aromatic rings. The Morgan fingerprint density at radius 1 is 0.812 bits per heavy atom. The molecule has 4 heteroatoms. The van der Waals surface area contributed by atoms with Gasteiger partial charge in [0.05, 0.1) is 13.2 Å². The van der Waals surface area contributed by atoms with Gasteiger partial charge in [-0.3, -0.25) is 9.80 Å². The fourth-order valence-corrected chi connectivity index (χ4v) is 3.05. The molecule has 0 saturated carbocycles. The van der Waals surface area contributed by atoms with Crippen LogP contribution in [0.1, 0.15) is 25.7 Å². The molecule has 0 aromatic heterocycles. The minimum atomic E-state index is 0.295. The molecule has 2 atom stereocenters. The van der Waals surface area contributed by atoms with Gasteiger partial charge in [0, 0.05) is 25.2 Å². The number of aliphatic hydroxyl groups excluding tert-OH is 2. The van der Waals surface area contributed by atoms with E-state index in [2.05, 4.69) is 9.80 Å². The van der Waals surface area contributed by atoms with Crippen molar-refractivity contribution in [2.75, 3.05) is 39.4 Å². The molecule has 94 valence electrons. The van der Waals surface area contributed by atoms with Crippen LogP contribution < -0.4 is 0 Å². The van der Waals surface area contributed by atoms with Gasteiger partial charge in [0.15, 0.2) is 0 Å². The Morgan fingerprint density at radius 3 is 1.62 bits per heavy atom. The molecule has 0 bridgehead atoms. The summed E-state index contributed by atoms with van der Waals surface area (Å²) >= 11 is 0. The maximum atomic E-state index is 9.23. The van der Waals surface area contributed by atoms with E-state index in [1.165, 1.54) is 12.8 Å². The Labute approximate surface area is 97.9 Å². The zero-order valence-corrected chi connectivity index (χ0v) is 10.0. The van der Waals surface area contributed by atoms with Gasteiger partial charge in [-0.05, 0) is 38.8 Å². The van der Waals surface area contributed by atoms with Crippen LogP contribution in [0, 0.1) is 0 Å². The van der Waals surface area contributed by atoms with Gasteiger partial charge < -0.3 is 10.2 Å². The molecule has 2 aliphatic rings. The predicted octanol–water partition coefficient (Wildman–Crippen LogP) is -0.100. The summed E-state index contributed by atoms with van der Waals surface area (Å²) in [6, 6.07) is 0.769. The summed E-state index contributed by atoms with van der Waals surface area (Å²) < 4.78 is 0. The van der Waals surface area contributed by atoms with E-state index >= 15 is 0 Å². The highest BCUT2D eigenvalue weighted by Crippen LogP contribution is 2.19. The van der Waals surface area contributed by atoms with Crippen LogP contribution in [0.25, 0.3) is 0 Å². The molecule has 4 nitrogen and oxygen atoms in total. The summed E-state index contributed by atoms with van der Waals surface area (Å²) in [6.45, 7) is 4.93. The second kappa shape index (κ2) is 5.96. The van der Waals surface area contributed by atoms with Gasteiger partial charge in [0.2, 0.25) is 0 Å². The summed E-state index contributed by atoms with van der Waals surface area (Å²) in [5.74, 6) is 0. The van der Waals surface area contributed by atoms with Crippen molar-refractivity contribution in [2.24, 2.45) is 0 Å². The minimum Gasteiger partial charge on any atom is -0.395 e. The maximum Gasteiger partial charge on any atom is 0.0586 e. The Morgan fingerprint density at radius 2 is 1.25 bits per heavy atom. The molecule has 0 spiro atoms. The number of likely N-dealkylation sites (tertiary alicyclic amines) is 2. The number of hydrogen-bond acceptors (Lipinski definition) is 4. The summed E-state index contributed by atoms with van der Waals surface area (Å²) in [6.07, 6.45) is 4.71. The number of rotatable bonds is 5. The van der Waals surface area contributed by atoms with Crippen molar-refractivity contribution in [3.63, 3.8) is 0 Å². The van der Waals surface area contributed by atoms with E-state index < -0.39 is 0 Å². The van der Waals surface area contributed by atoms with Crippen LogP contribution >= 0.6 is 0 Å². The van der Waals surface area contributed by atoms with E-state index in [1.54, 1.807) is 0 Å². The summed E-state index contributed by atoms with van der Waals surface area (Å²) in [7, 11) is 0. The Hall–Kier alpha value is -0.160. The second-order valence-electron chi connectivity index (χ2n) is 5.03. The van der Waals surface area contributed by atoms with E-state index in [4.69, 9.17) is 0 Å². The van der Waals surface area contributed by atoms with Gasteiger partial charge in [0.25, 0.3) is 0 Å². The van der Waals surface area contributed by atoms with Crippen molar-refractivity contribution >= 4 is 0 Å². The van der Waals surface area contributed by atoms with Gasteiger partial charge in [-0.1, -0.05) is 0 Å². The van der Waals surface area contributed by atoms with Gasteiger partial charge in [-0.25, -0.2) is 0 Å². The van der Waals surface area contributed by atoms with Crippen LogP contribution in [0.3, 0.4) is 0 Å². The molecule has 2 saturated heterocycles. The molecule has 2 aliphatic heterocycles. The summed E-state index contributed by atoms with van der Waals surface area (Å²) in [5, 5.41) is 18.5. The van der Waals surface area contributed by atoms with Crippen molar-refractivity contribution < 1.29 is 10.2 Å². The van der Waals surface area contributed by atoms with Gasteiger partial charge in [0.1, 0.15) is 0 Å². The first-order chi connectivity index (χ1) is 7.85. The first-order valence-corrected chi connectivity index (χ1v) is 6.55. The Balaban J connectivity index is 1.74. The molecular formula is C12H24N2O2. The molecular weight excluding hydrogens is 204 g/mol. The largest absolute Gasteiger partial charge is 0.395 e. The van der Waals surface area contributed by atoms with Crippen molar-refractivity contribution in [1.29, 1.82) is 0 Å². The minimum absolute atomic E-state index is 0.295. The van der Waals surface area contributed by atoms with E-state index in [0.29, 0.717) is 25.3 Å². The van der Waals surface area contributed by atoms with Crippen molar-refractivity contribution in [2.45, 2.75) is 37.8 Å². The van der Waals surface area contributed by atoms with Crippen molar-refractivity contribution in [3.8, 4) is 0 Å². The third-order valence-electron chi connectivity index (χ3n) is 4.09. The maximum absolute atomic E-state index is 9.23. The van der Waals surface area contributed by atoms with Crippen LogP contribution in [-0.2, 0) is 0 Å². The summed E-state index contributed by atoms with van der Waals surface area (Å²) in [4.78, 5) is 4.79. The Bertz CT molecular complexity index is 191. The molecule has 0 amide bonds. The molecule has 0 unspecified atom stereocenters. The van der Waals surface area contributed by atoms with Crippen LogP contribution in [0.4, 0.5) is 0 Å². The zero-order valence-electron chi connectivity index (χ0n) is 10.0. The number of hydrogen-bond donors (Lipinski definition) is 2. The van der Waals surface area contributed by atoms with Crippen LogP contribution in [0.5, 0.6) is 0 Å². The van der Waals surface area contributed by atoms with Crippen molar-refractivity contribution in [3.05, 3.63) is 0 Å². The second-order valence-corrected chi connectivity index (χ2v) is 5.03. The lowest BCUT2D eigenvalue weighted by Gasteiger charge is -2.28. The average molecular weight is 228 g/mol. The monoisotopic (exact) mass is 228 g/mol. The topological polar surface area (TPSA) is 46.9 Å². The normalized spacial score (nSPS) is 32.6. The molecule has 0 radical (unpaired) electrons. The molecule has 0 aliphatic carbocycles.